The largest absolute Gasteiger partial charge is 0.465 e. The molecular weight excluding hydrogens is 302 g/mol. The number of hydrogen-bond donors (Lipinski definition) is 1. The number of aromatic amines is 1. The number of esters is 1. The second-order valence-corrected chi connectivity index (χ2v) is 5.24. The maximum Gasteiger partial charge on any atom is 0.339 e. The molecule has 0 saturated carbocycles. The van der Waals surface area contributed by atoms with Crippen molar-refractivity contribution in [1.82, 2.24) is 4.98 Å². The van der Waals surface area contributed by atoms with Crippen molar-refractivity contribution < 1.29 is 14.3 Å². The zero-order valence-electron chi connectivity index (χ0n) is 12.6. The van der Waals surface area contributed by atoms with Crippen LogP contribution in [0.4, 0.5) is 0 Å². The Hall–Kier alpha value is -2.33. The number of nitrogens with one attached hydrogen (secondary N) is 1. The Labute approximate surface area is 133 Å². The minimum absolute atomic E-state index is 0.226. The molecule has 2 aromatic rings. The first kappa shape index (κ1) is 16.0. The van der Waals surface area contributed by atoms with Crippen LogP contribution in [-0.2, 0) is 4.74 Å². The maximum atomic E-state index is 12.3. The van der Waals surface area contributed by atoms with Crippen LogP contribution in [0.25, 0.3) is 6.08 Å². The van der Waals surface area contributed by atoms with E-state index >= 15 is 0 Å². The Morgan fingerprint density at radius 3 is 2.55 bits per heavy atom. The molecule has 0 aliphatic heterocycles. The Kier molecular flexibility index (Phi) is 4.83. The minimum Gasteiger partial charge on any atom is -0.465 e. The van der Waals surface area contributed by atoms with Crippen LogP contribution in [0.1, 0.15) is 37.7 Å². The smallest absolute Gasteiger partial charge is 0.339 e. The highest BCUT2D eigenvalue weighted by Crippen LogP contribution is 2.21. The highest BCUT2D eigenvalue weighted by atomic mass is 35.5. The van der Waals surface area contributed by atoms with Crippen molar-refractivity contribution in [1.29, 1.82) is 0 Å². The molecule has 0 aliphatic carbocycles. The molecule has 2 rings (SSSR count). The molecule has 1 heterocycles. The molecule has 0 amide bonds. The molecule has 1 aromatic heterocycles. The molecule has 0 unspecified atom stereocenters. The summed E-state index contributed by atoms with van der Waals surface area (Å²) in [6, 6.07) is 7.24. The molecule has 1 aromatic carbocycles. The van der Waals surface area contributed by atoms with E-state index in [1.54, 1.807) is 26.0 Å². The van der Waals surface area contributed by atoms with E-state index in [1.807, 2.05) is 18.2 Å². The van der Waals surface area contributed by atoms with Gasteiger partial charge in [-0.15, -0.1) is 0 Å². The normalized spacial score (nSPS) is 10.9. The topological polar surface area (TPSA) is 59.2 Å². The van der Waals surface area contributed by atoms with Gasteiger partial charge in [0, 0.05) is 10.7 Å². The van der Waals surface area contributed by atoms with Crippen LogP contribution in [0.15, 0.2) is 30.3 Å². The number of aryl methyl sites for hydroxylation is 1. The van der Waals surface area contributed by atoms with Gasteiger partial charge in [-0.3, -0.25) is 4.79 Å². The summed E-state index contributed by atoms with van der Waals surface area (Å²) in [6.45, 7) is 3.44. The van der Waals surface area contributed by atoms with E-state index in [2.05, 4.69) is 4.98 Å². The van der Waals surface area contributed by atoms with Crippen LogP contribution < -0.4 is 0 Å². The monoisotopic (exact) mass is 317 g/mol. The first-order valence-electron chi connectivity index (χ1n) is 6.70. The van der Waals surface area contributed by atoms with Crippen molar-refractivity contribution >= 4 is 29.4 Å². The van der Waals surface area contributed by atoms with Gasteiger partial charge in [0.15, 0.2) is 0 Å². The second kappa shape index (κ2) is 6.62. The minimum atomic E-state index is -0.458. The van der Waals surface area contributed by atoms with Gasteiger partial charge in [-0.25, -0.2) is 4.79 Å². The molecule has 0 radical (unpaired) electrons. The number of rotatable bonds is 4. The molecule has 0 fully saturated rings. The zero-order valence-corrected chi connectivity index (χ0v) is 13.3. The van der Waals surface area contributed by atoms with E-state index < -0.39 is 5.97 Å². The average Bonchev–Trinajstić information content (AvgIpc) is 2.80. The SMILES string of the molecule is COC(=O)c1c(C)[nH]c(C(=O)C=Cc2ccccc2Cl)c1C. The number of aromatic nitrogens is 1. The van der Waals surface area contributed by atoms with Gasteiger partial charge in [-0.1, -0.05) is 29.8 Å². The molecule has 1 N–H and O–H groups in total. The van der Waals surface area contributed by atoms with Gasteiger partial charge < -0.3 is 9.72 Å². The second-order valence-electron chi connectivity index (χ2n) is 4.84. The number of methoxy groups -OCH3 is 1. The fourth-order valence-corrected chi connectivity index (χ4v) is 2.46. The first-order valence-corrected chi connectivity index (χ1v) is 7.08. The summed E-state index contributed by atoms with van der Waals surface area (Å²) in [5.74, 6) is -0.684. The number of H-pyrrole nitrogens is 1. The number of carbonyl (C=O) groups excluding carboxylic acids is 2. The summed E-state index contributed by atoms with van der Waals surface area (Å²) < 4.78 is 4.73. The van der Waals surface area contributed by atoms with E-state index in [0.717, 1.165) is 5.56 Å². The van der Waals surface area contributed by atoms with Crippen molar-refractivity contribution in [3.05, 3.63) is 63.4 Å². The van der Waals surface area contributed by atoms with Gasteiger partial charge >= 0.3 is 5.97 Å². The van der Waals surface area contributed by atoms with Crippen LogP contribution in [0.2, 0.25) is 5.02 Å². The van der Waals surface area contributed by atoms with Gasteiger partial charge in [0.2, 0.25) is 5.78 Å². The molecule has 0 bridgehead atoms. The fourth-order valence-electron chi connectivity index (χ4n) is 2.26. The van der Waals surface area contributed by atoms with Crippen LogP contribution >= 0.6 is 11.6 Å². The molecule has 4 nitrogen and oxygen atoms in total. The third-order valence-corrected chi connectivity index (χ3v) is 3.74. The summed E-state index contributed by atoms with van der Waals surface area (Å²) in [5.41, 5.74) is 2.72. The summed E-state index contributed by atoms with van der Waals surface area (Å²) >= 11 is 6.04. The predicted octanol–water partition coefficient (Wildman–Crippen LogP) is 3.97. The predicted molar refractivity (Wildman–Crippen MR) is 86.4 cm³/mol. The summed E-state index contributed by atoms with van der Waals surface area (Å²) in [5, 5.41) is 0.571. The zero-order chi connectivity index (χ0) is 16.3. The third kappa shape index (κ3) is 3.12. The van der Waals surface area contributed by atoms with Crippen molar-refractivity contribution in [2.24, 2.45) is 0 Å². The Bertz CT molecular complexity index is 759. The highest BCUT2D eigenvalue weighted by molar-refractivity contribution is 6.32. The van der Waals surface area contributed by atoms with Crippen LogP contribution in [0.5, 0.6) is 0 Å². The molecule has 0 saturated heterocycles. The molecule has 22 heavy (non-hydrogen) atoms. The van der Waals surface area contributed by atoms with E-state index in [-0.39, 0.29) is 5.78 Å². The summed E-state index contributed by atoms with van der Waals surface area (Å²) in [7, 11) is 1.31. The number of hydrogen-bond acceptors (Lipinski definition) is 3. The van der Waals surface area contributed by atoms with Gasteiger partial charge in [-0.2, -0.15) is 0 Å². The Morgan fingerprint density at radius 2 is 1.91 bits per heavy atom. The van der Waals surface area contributed by atoms with E-state index in [1.165, 1.54) is 13.2 Å². The highest BCUT2D eigenvalue weighted by Gasteiger charge is 2.21. The number of halogens is 1. The lowest BCUT2D eigenvalue weighted by molar-refractivity contribution is 0.0599. The lowest BCUT2D eigenvalue weighted by Crippen LogP contribution is -2.04. The van der Waals surface area contributed by atoms with Crippen molar-refractivity contribution in [2.75, 3.05) is 7.11 Å². The molecule has 0 atom stereocenters. The fraction of sp³-hybridized carbons (Fsp3) is 0.176. The van der Waals surface area contributed by atoms with Crippen LogP contribution in [0, 0.1) is 13.8 Å². The van der Waals surface area contributed by atoms with Gasteiger partial charge in [-0.05, 0) is 43.2 Å². The van der Waals surface area contributed by atoms with Gasteiger partial charge in [0.05, 0.1) is 18.4 Å². The Balaban J connectivity index is 2.31. The summed E-state index contributed by atoms with van der Waals surface area (Å²) in [4.78, 5) is 27.0. The van der Waals surface area contributed by atoms with Crippen LogP contribution in [-0.4, -0.2) is 23.8 Å². The lowest BCUT2D eigenvalue weighted by atomic mass is 10.1. The molecule has 0 spiro atoms. The van der Waals surface area contributed by atoms with E-state index in [4.69, 9.17) is 16.3 Å². The number of ether oxygens (including phenoxy) is 1. The van der Waals surface area contributed by atoms with Gasteiger partial charge in [0.25, 0.3) is 0 Å². The van der Waals surface area contributed by atoms with Crippen molar-refractivity contribution in [2.45, 2.75) is 13.8 Å². The Morgan fingerprint density at radius 1 is 1.23 bits per heavy atom. The quantitative estimate of drug-likeness (QED) is 0.527. The van der Waals surface area contributed by atoms with E-state index in [9.17, 15) is 9.59 Å². The number of allylic oxidation sites excluding steroid dienone is 1. The van der Waals surface area contributed by atoms with E-state index in [0.29, 0.717) is 27.5 Å². The maximum absolute atomic E-state index is 12.3. The lowest BCUT2D eigenvalue weighted by Gasteiger charge is -1.99. The standard InChI is InChI=1S/C17H16ClNO3/c1-10-15(17(21)22-3)11(2)19-16(10)14(20)9-8-12-6-4-5-7-13(12)18/h4-9,19H,1-3H3. The molecule has 5 heteroatoms. The number of carbonyl (C=O) groups is 2. The van der Waals surface area contributed by atoms with Gasteiger partial charge in [0.1, 0.15) is 0 Å². The van der Waals surface area contributed by atoms with Crippen molar-refractivity contribution in [3.8, 4) is 0 Å². The molecule has 0 aliphatic rings. The first-order chi connectivity index (χ1) is 10.5. The molecule has 114 valence electrons. The molecular formula is C17H16ClNO3. The third-order valence-electron chi connectivity index (χ3n) is 3.39. The summed E-state index contributed by atoms with van der Waals surface area (Å²) in [6.07, 6.45) is 3.08. The van der Waals surface area contributed by atoms with Crippen molar-refractivity contribution in [3.63, 3.8) is 0 Å². The number of ketones is 1. The number of benzene rings is 1. The van der Waals surface area contributed by atoms with Crippen LogP contribution in [0.3, 0.4) is 0 Å². The average molecular weight is 318 g/mol.